The maximum atomic E-state index is 12.7. The van der Waals surface area contributed by atoms with Crippen molar-refractivity contribution in [2.24, 2.45) is 5.14 Å². The topological polar surface area (TPSA) is 83.7 Å². The minimum atomic E-state index is -3.99. The van der Waals surface area contributed by atoms with Gasteiger partial charge < -0.3 is 9.80 Å². The predicted octanol–water partition coefficient (Wildman–Crippen LogP) is 1.97. The van der Waals surface area contributed by atoms with Gasteiger partial charge in [-0.1, -0.05) is 11.6 Å². The molecule has 0 radical (unpaired) electrons. The van der Waals surface area contributed by atoms with Gasteiger partial charge in [-0.3, -0.25) is 4.79 Å². The molecule has 0 spiro atoms. The Bertz CT molecular complexity index is 921. The molecule has 0 unspecified atom stereocenters. The highest BCUT2D eigenvalue weighted by molar-refractivity contribution is 7.89. The summed E-state index contributed by atoms with van der Waals surface area (Å²) in [5.74, 6) is -0.281. The van der Waals surface area contributed by atoms with Gasteiger partial charge in [0.2, 0.25) is 10.0 Å². The number of hydrogen-bond donors (Lipinski definition) is 1. The highest BCUT2D eigenvalue weighted by Crippen LogP contribution is 2.24. The molecular formula is C18H20ClN3O3S. The molecule has 0 amide bonds. The molecular weight excluding hydrogens is 374 g/mol. The van der Waals surface area contributed by atoms with E-state index in [0.717, 1.165) is 31.9 Å². The number of primary sulfonamides is 1. The van der Waals surface area contributed by atoms with Crippen LogP contribution in [0.3, 0.4) is 0 Å². The van der Waals surface area contributed by atoms with Crippen molar-refractivity contribution >= 4 is 33.1 Å². The van der Waals surface area contributed by atoms with Gasteiger partial charge in [0.1, 0.15) is 4.90 Å². The summed E-state index contributed by atoms with van der Waals surface area (Å²) in [6, 6.07) is 11.4. The van der Waals surface area contributed by atoms with E-state index < -0.39 is 10.0 Å². The largest absolute Gasteiger partial charge is 0.369 e. The summed E-state index contributed by atoms with van der Waals surface area (Å²) in [6.45, 7) is 3.89. The summed E-state index contributed by atoms with van der Waals surface area (Å²) in [7, 11) is -1.89. The van der Waals surface area contributed by atoms with E-state index in [0.29, 0.717) is 5.56 Å². The van der Waals surface area contributed by atoms with E-state index in [9.17, 15) is 13.2 Å². The van der Waals surface area contributed by atoms with Crippen molar-refractivity contribution < 1.29 is 13.2 Å². The van der Waals surface area contributed by atoms with E-state index in [4.69, 9.17) is 16.7 Å². The van der Waals surface area contributed by atoms with E-state index >= 15 is 0 Å². The molecule has 1 fully saturated rings. The highest BCUT2D eigenvalue weighted by Gasteiger charge is 2.18. The van der Waals surface area contributed by atoms with Crippen LogP contribution in [-0.2, 0) is 10.0 Å². The molecule has 2 aromatic rings. The van der Waals surface area contributed by atoms with Gasteiger partial charge in [0.05, 0.1) is 5.02 Å². The van der Waals surface area contributed by atoms with Crippen LogP contribution in [0.1, 0.15) is 15.9 Å². The Balaban J connectivity index is 1.82. The number of rotatable bonds is 4. The fraction of sp³-hybridized carbons (Fsp3) is 0.278. The molecule has 8 heteroatoms. The molecule has 1 aliphatic heterocycles. The van der Waals surface area contributed by atoms with E-state index in [-0.39, 0.29) is 21.3 Å². The number of nitrogens with two attached hydrogens (primary N) is 1. The van der Waals surface area contributed by atoms with E-state index in [2.05, 4.69) is 16.8 Å². The molecule has 0 saturated carbocycles. The Morgan fingerprint density at radius 3 is 2.15 bits per heavy atom. The number of anilines is 1. The second kappa shape index (κ2) is 7.36. The van der Waals surface area contributed by atoms with E-state index in [1.807, 2.05) is 12.1 Å². The highest BCUT2D eigenvalue weighted by atomic mass is 35.5. The van der Waals surface area contributed by atoms with Gasteiger partial charge in [-0.25, -0.2) is 13.6 Å². The van der Waals surface area contributed by atoms with Crippen LogP contribution in [-0.4, -0.2) is 52.3 Å². The van der Waals surface area contributed by atoms with Gasteiger partial charge in [0.25, 0.3) is 0 Å². The number of sulfonamides is 1. The first kappa shape index (κ1) is 18.8. The zero-order valence-electron chi connectivity index (χ0n) is 14.4. The van der Waals surface area contributed by atoms with Gasteiger partial charge in [0.15, 0.2) is 5.78 Å². The van der Waals surface area contributed by atoms with Crippen LogP contribution in [0.2, 0.25) is 5.02 Å². The lowest BCUT2D eigenvalue weighted by atomic mass is 10.0. The molecule has 26 heavy (non-hydrogen) atoms. The smallest absolute Gasteiger partial charge is 0.239 e. The van der Waals surface area contributed by atoms with Gasteiger partial charge in [-0.15, -0.1) is 0 Å². The third-order valence-electron chi connectivity index (χ3n) is 4.50. The quantitative estimate of drug-likeness (QED) is 0.803. The van der Waals surface area contributed by atoms with Gasteiger partial charge in [0, 0.05) is 43.0 Å². The summed E-state index contributed by atoms with van der Waals surface area (Å²) < 4.78 is 23.2. The van der Waals surface area contributed by atoms with Crippen molar-refractivity contribution in [3.8, 4) is 0 Å². The van der Waals surface area contributed by atoms with Crippen molar-refractivity contribution in [3.05, 3.63) is 58.6 Å². The van der Waals surface area contributed by atoms with Gasteiger partial charge >= 0.3 is 0 Å². The summed E-state index contributed by atoms with van der Waals surface area (Å²) in [5, 5.41) is 5.14. The molecule has 3 rings (SSSR count). The first-order valence-corrected chi connectivity index (χ1v) is 10.1. The third-order valence-corrected chi connectivity index (χ3v) is 5.89. The van der Waals surface area contributed by atoms with Crippen LogP contribution in [0, 0.1) is 0 Å². The lowest BCUT2D eigenvalue weighted by molar-refractivity contribution is 0.103. The summed E-state index contributed by atoms with van der Waals surface area (Å²) in [4.78, 5) is 17.0. The molecule has 1 aliphatic rings. The van der Waals surface area contributed by atoms with Gasteiger partial charge in [-0.2, -0.15) is 0 Å². The van der Waals surface area contributed by atoms with Crippen molar-refractivity contribution in [1.82, 2.24) is 4.90 Å². The van der Waals surface area contributed by atoms with Crippen LogP contribution >= 0.6 is 11.6 Å². The Hall–Kier alpha value is -1.93. The Kier molecular flexibility index (Phi) is 5.34. The van der Waals surface area contributed by atoms with Crippen molar-refractivity contribution in [3.63, 3.8) is 0 Å². The zero-order valence-corrected chi connectivity index (χ0v) is 15.9. The number of nitrogens with zero attached hydrogens (tertiary/aromatic N) is 2. The molecule has 138 valence electrons. The van der Waals surface area contributed by atoms with E-state index in [1.54, 1.807) is 12.1 Å². The standard InChI is InChI=1S/C18H20ClN3O3S/c1-21-8-10-22(11-9-21)15-5-2-13(3-6-15)18(23)14-4-7-16(19)17(12-14)26(20,24)25/h2-7,12H,8-11H2,1H3,(H2,20,24,25). The normalized spacial score (nSPS) is 15.9. The average Bonchev–Trinajstić information content (AvgIpc) is 2.61. The summed E-state index contributed by atoms with van der Waals surface area (Å²) >= 11 is 5.87. The molecule has 0 atom stereocenters. The molecule has 6 nitrogen and oxygen atoms in total. The van der Waals surface area contributed by atoms with Crippen LogP contribution in [0.4, 0.5) is 5.69 Å². The Labute approximate surface area is 158 Å². The molecule has 2 N–H and O–H groups in total. The average molecular weight is 394 g/mol. The summed E-state index contributed by atoms with van der Waals surface area (Å²) in [5.41, 5.74) is 1.77. The van der Waals surface area contributed by atoms with Crippen LogP contribution in [0.15, 0.2) is 47.4 Å². The number of ketones is 1. The molecule has 0 aliphatic carbocycles. The molecule has 2 aromatic carbocycles. The first-order valence-electron chi connectivity index (χ1n) is 8.16. The fourth-order valence-electron chi connectivity index (χ4n) is 2.92. The Morgan fingerprint density at radius 1 is 1.00 bits per heavy atom. The lowest BCUT2D eigenvalue weighted by Gasteiger charge is -2.34. The van der Waals surface area contributed by atoms with Crippen molar-refractivity contribution in [2.45, 2.75) is 4.90 Å². The fourth-order valence-corrected chi connectivity index (χ4v) is 3.99. The van der Waals surface area contributed by atoms with Gasteiger partial charge in [-0.05, 0) is 49.5 Å². The van der Waals surface area contributed by atoms with Crippen molar-refractivity contribution in [2.75, 3.05) is 38.1 Å². The summed E-state index contributed by atoms with van der Waals surface area (Å²) in [6.07, 6.45) is 0. The Morgan fingerprint density at radius 2 is 1.58 bits per heavy atom. The van der Waals surface area contributed by atoms with Crippen molar-refractivity contribution in [1.29, 1.82) is 0 Å². The second-order valence-electron chi connectivity index (χ2n) is 6.36. The minimum absolute atomic E-state index is 0.00513. The second-order valence-corrected chi connectivity index (χ2v) is 8.29. The number of halogens is 1. The van der Waals surface area contributed by atoms with E-state index in [1.165, 1.54) is 18.2 Å². The number of piperazine rings is 1. The molecule has 1 saturated heterocycles. The number of carbonyl (C=O) groups excluding carboxylic acids is 1. The molecule has 1 heterocycles. The molecule has 0 aromatic heterocycles. The SMILES string of the molecule is CN1CCN(c2ccc(C(=O)c3ccc(Cl)c(S(N)(=O)=O)c3)cc2)CC1. The maximum Gasteiger partial charge on any atom is 0.239 e. The van der Waals surface area contributed by atoms with Crippen LogP contribution < -0.4 is 10.0 Å². The molecule has 0 bridgehead atoms. The van der Waals surface area contributed by atoms with Crippen LogP contribution in [0.5, 0.6) is 0 Å². The monoisotopic (exact) mass is 393 g/mol. The maximum absolute atomic E-state index is 12.7. The lowest BCUT2D eigenvalue weighted by Crippen LogP contribution is -2.44. The first-order chi connectivity index (χ1) is 12.3. The zero-order chi connectivity index (χ0) is 18.9. The third kappa shape index (κ3) is 4.07. The number of likely N-dealkylation sites (N-methyl/N-ethyl adjacent to an activating group) is 1. The number of benzene rings is 2. The minimum Gasteiger partial charge on any atom is -0.369 e. The van der Waals surface area contributed by atoms with Crippen LogP contribution in [0.25, 0.3) is 0 Å². The number of carbonyl (C=O) groups is 1. The predicted molar refractivity (Wildman–Crippen MR) is 102 cm³/mol. The number of hydrogen-bond acceptors (Lipinski definition) is 5.